The molecule has 0 aromatic carbocycles. The molecule has 0 aromatic rings. The van der Waals surface area contributed by atoms with Crippen LogP contribution in [0.5, 0.6) is 0 Å². The quantitative estimate of drug-likeness (QED) is 0.740. The van der Waals surface area contributed by atoms with Gasteiger partial charge in [0.1, 0.15) is 0 Å². The van der Waals surface area contributed by atoms with Crippen LogP contribution < -0.4 is 5.32 Å². The van der Waals surface area contributed by atoms with Crippen molar-refractivity contribution < 1.29 is 19.0 Å². The number of methoxy groups -OCH3 is 1. The third-order valence-corrected chi connectivity index (χ3v) is 2.14. The van der Waals surface area contributed by atoms with E-state index in [0.29, 0.717) is 26.2 Å². The van der Waals surface area contributed by atoms with Gasteiger partial charge in [-0.3, -0.25) is 0 Å². The van der Waals surface area contributed by atoms with Gasteiger partial charge in [-0.25, -0.2) is 4.79 Å². The van der Waals surface area contributed by atoms with Crippen LogP contribution in [0.4, 0.5) is 4.79 Å². The van der Waals surface area contributed by atoms with Gasteiger partial charge in [0, 0.05) is 13.0 Å². The molecule has 1 saturated heterocycles. The van der Waals surface area contributed by atoms with E-state index in [-0.39, 0.29) is 0 Å². The van der Waals surface area contributed by atoms with Crippen molar-refractivity contribution in [3.05, 3.63) is 0 Å². The summed E-state index contributed by atoms with van der Waals surface area (Å²) in [5.41, 5.74) is 0. The molecule has 1 rings (SSSR count). The van der Waals surface area contributed by atoms with Crippen LogP contribution in [0, 0.1) is 0 Å². The summed E-state index contributed by atoms with van der Waals surface area (Å²) in [6.07, 6.45) is 1.13. The molecule has 1 fully saturated rings. The Hall–Kier alpha value is -0.810. The van der Waals surface area contributed by atoms with Crippen molar-refractivity contribution in [3.8, 4) is 0 Å². The van der Waals surface area contributed by atoms with Crippen molar-refractivity contribution in [3.63, 3.8) is 0 Å². The Bertz CT molecular complexity index is 189. The number of amides is 1. The smallest absolute Gasteiger partial charge is 0.406 e. The van der Waals surface area contributed by atoms with Gasteiger partial charge in [-0.2, -0.15) is 0 Å². The Balaban J connectivity index is 2.18. The second-order valence-corrected chi connectivity index (χ2v) is 3.35. The number of alkyl carbamates (subject to hydrolysis) is 1. The predicted molar refractivity (Wildman–Crippen MR) is 50.0 cm³/mol. The molecule has 0 spiro atoms. The molecule has 0 radical (unpaired) electrons. The van der Waals surface area contributed by atoms with Gasteiger partial charge in [-0.1, -0.05) is 0 Å². The zero-order chi connectivity index (χ0) is 10.4. The molecule has 14 heavy (non-hydrogen) atoms. The van der Waals surface area contributed by atoms with Crippen molar-refractivity contribution in [2.24, 2.45) is 0 Å². The van der Waals surface area contributed by atoms with E-state index < -0.39 is 11.9 Å². The molecule has 0 aliphatic carbocycles. The molecule has 1 heterocycles. The number of rotatable bonds is 3. The minimum atomic E-state index is -0.556. The molecule has 1 amide bonds. The first-order valence-electron chi connectivity index (χ1n) is 4.76. The molecule has 82 valence electrons. The van der Waals surface area contributed by atoms with Crippen molar-refractivity contribution in [2.75, 3.05) is 26.9 Å². The van der Waals surface area contributed by atoms with Gasteiger partial charge < -0.3 is 19.5 Å². The third kappa shape index (κ3) is 3.51. The SMILES string of the molecule is COC(=O)NCCC1(C)OCCCO1. The largest absolute Gasteiger partial charge is 0.453 e. The van der Waals surface area contributed by atoms with E-state index in [9.17, 15) is 4.79 Å². The van der Waals surface area contributed by atoms with Gasteiger partial charge in [0.25, 0.3) is 0 Å². The first-order valence-corrected chi connectivity index (χ1v) is 4.76. The molecule has 0 bridgehead atoms. The minimum absolute atomic E-state index is 0.426. The number of nitrogens with one attached hydrogen (secondary N) is 1. The van der Waals surface area contributed by atoms with Crippen LogP contribution in [0.1, 0.15) is 19.8 Å². The second kappa shape index (κ2) is 5.17. The molecule has 1 N–H and O–H groups in total. The maximum Gasteiger partial charge on any atom is 0.406 e. The molecule has 1 aliphatic heterocycles. The van der Waals surface area contributed by atoms with Gasteiger partial charge in [-0.05, 0) is 13.3 Å². The zero-order valence-corrected chi connectivity index (χ0v) is 8.67. The van der Waals surface area contributed by atoms with Crippen LogP contribution in [0.3, 0.4) is 0 Å². The summed E-state index contributed by atoms with van der Waals surface area (Å²) in [5.74, 6) is -0.556. The fraction of sp³-hybridized carbons (Fsp3) is 0.889. The lowest BCUT2D eigenvalue weighted by Crippen LogP contribution is -2.40. The van der Waals surface area contributed by atoms with Crippen LogP contribution in [0.25, 0.3) is 0 Å². The van der Waals surface area contributed by atoms with E-state index in [1.165, 1.54) is 7.11 Å². The summed E-state index contributed by atoms with van der Waals surface area (Å²) in [5, 5.41) is 2.58. The zero-order valence-electron chi connectivity index (χ0n) is 8.67. The van der Waals surface area contributed by atoms with Gasteiger partial charge >= 0.3 is 6.09 Å². The lowest BCUT2D eigenvalue weighted by atomic mass is 10.2. The van der Waals surface area contributed by atoms with E-state index in [1.807, 2.05) is 6.92 Å². The van der Waals surface area contributed by atoms with E-state index in [4.69, 9.17) is 9.47 Å². The van der Waals surface area contributed by atoms with Crippen LogP contribution in [0.2, 0.25) is 0 Å². The minimum Gasteiger partial charge on any atom is -0.453 e. The summed E-state index contributed by atoms with van der Waals surface area (Å²) < 4.78 is 15.4. The van der Waals surface area contributed by atoms with Gasteiger partial charge in [-0.15, -0.1) is 0 Å². The Morgan fingerprint density at radius 1 is 1.50 bits per heavy atom. The molecule has 0 unspecified atom stereocenters. The first kappa shape index (κ1) is 11.3. The number of carbonyl (C=O) groups is 1. The lowest BCUT2D eigenvalue weighted by molar-refractivity contribution is -0.257. The number of hydrogen-bond donors (Lipinski definition) is 1. The predicted octanol–water partition coefficient (Wildman–Crippen LogP) is 0.886. The molecule has 5 nitrogen and oxygen atoms in total. The molecular formula is C9H17NO4. The fourth-order valence-corrected chi connectivity index (χ4v) is 1.28. The summed E-state index contributed by atoms with van der Waals surface area (Å²) in [7, 11) is 1.34. The first-order chi connectivity index (χ1) is 6.66. The van der Waals surface area contributed by atoms with Crippen LogP contribution in [-0.4, -0.2) is 38.7 Å². The summed E-state index contributed by atoms with van der Waals surface area (Å²) in [4.78, 5) is 10.7. The molecule has 0 saturated carbocycles. The lowest BCUT2D eigenvalue weighted by Gasteiger charge is -2.33. The average Bonchev–Trinajstić information content (AvgIpc) is 2.18. The van der Waals surface area contributed by atoms with Gasteiger partial charge in [0.05, 0.1) is 20.3 Å². The molecular weight excluding hydrogens is 186 g/mol. The number of carbonyl (C=O) groups excluding carboxylic acids is 1. The summed E-state index contributed by atoms with van der Waals surface area (Å²) >= 11 is 0. The van der Waals surface area contributed by atoms with Crippen molar-refractivity contribution >= 4 is 6.09 Å². The maximum atomic E-state index is 10.7. The highest BCUT2D eigenvalue weighted by atomic mass is 16.7. The third-order valence-electron chi connectivity index (χ3n) is 2.14. The Labute approximate surface area is 83.7 Å². The van der Waals surface area contributed by atoms with Crippen molar-refractivity contribution in [1.29, 1.82) is 0 Å². The highest BCUT2D eigenvalue weighted by molar-refractivity contribution is 5.66. The normalized spacial score (nSPS) is 20.1. The molecule has 0 aromatic heterocycles. The molecule has 0 atom stereocenters. The average molecular weight is 203 g/mol. The van der Waals surface area contributed by atoms with Crippen LogP contribution in [-0.2, 0) is 14.2 Å². The molecule has 1 aliphatic rings. The second-order valence-electron chi connectivity index (χ2n) is 3.35. The van der Waals surface area contributed by atoms with E-state index >= 15 is 0 Å². The monoisotopic (exact) mass is 203 g/mol. The topological polar surface area (TPSA) is 56.8 Å². The Morgan fingerprint density at radius 3 is 2.71 bits per heavy atom. The van der Waals surface area contributed by atoms with Crippen LogP contribution >= 0.6 is 0 Å². The summed E-state index contributed by atoms with van der Waals surface area (Å²) in [6, 6.07) is 0. The van der Waals surface area contributed by atoms with E-state index in [2.05, 4.69) is 10.1 Å². The fourth-order valence-electron chi connectivity index (χ4n) is 1.28. The Kier molecular flexibility index (Phi) is 4.16. The van der Waals surface area contributed by atoms with E-state index in [0.717, 1.165) is 6.42 Å². The van der Waals surface area contributed by atoms with Gasteiger partial charge in [0.2, 0.25) is 0 Å². The van der Waals surface area contributed by atoms with Crippen molar-refractivity contribution in [2.45, 2.75) is 25.6 Å². The van der Waals surface area contributed by atoms with Crippen molar-refractivity contribution in [1.82, 2.24) is 5.32 Å². The molecule has 5 heteroatoms. The Morgan fingerprint density at radius 2 is 2.14 bits per heavy atom. The maximum absolute atomic E-state index is 10.7. The standard InChI is InChI=1S/C9H17NO4/c1-9(13-6-3-7-14-9)4-5-10-8(11)12-2/h3-7H2,1-2H3,(H,10,11). The highest BCUT2D eigenvalue weighted by Gasteiger charge is 2.28. The number of ether oxygens (including phenoxy) is 3. The van der Waals surface area contributed by atoms with Crippen LogP contribution in [0.15, 0.2) is 0 Å². The highest BCUT2D eigenvalue weighted by Crippen LogP contribution is 2.21. The van der Waals surface area contributed by atoms with E-state index in [1.54, 1.807) is 0 Å². The number of hydrogen-bond acceptors (Lipinski definition) is 4. The summed E-state index contributed by atoms with van der Waals surface area (Å²) in [6.45, 7) is 3.80. The van der Waals surface area contributed by atoms with Gasteiger partial charge in [0.15, 0.2) is 5.79 Å².